The molecule has 1 heterocycles. The number of hydrogen-bond donors (Lipinski definition) is 2. The monoisotopic (exact) mass is 346 g/mol. The Bertz CT molecular complexity index is 654. The number of hydrogen-bond acceptors (Lipinski definition) is 4. The van der Waals surface area contributed by atoms with E-state index in [2.05, 4.69) is 45.0 Å². The van der Waals surface area contributed by atoms with E-state index in [9.17, 15) is 0 Å². The van der Waals surface area contributed by atoms with Crippen molar-refractivity contribution in [3.8, 4) is 5.75 Å². The van der Waals surface area contributed by atoms with Crippen LogP contribution in [0.4, 0.5) is 0 Å². The van der Waals surface area contributed by atoms with Crippen molar-refractivity contribution >= 4 is 17.3 Å². The molecule has 0 aliphatic heterocycles. The molecule has 2 N–H and O–H groups in total. The highest BCUT2D eigenvalue weighted by Gasteiger charge is 2.01. The molecule has 2 aromatic rings. The van der Waals surface area contributed by atoms with Crippen LogP contribution in [-0.2, 0) is 12.8 Å². The number of nitrogens with zero attached hydrogens (tertiary/aromatic N) is 2. The second-order valence-electron chi connectivity index (χ2n) is 5.40. The van der Waals surface area contributed by atoms with Crippen molar-refractivity contribution in [2.75, 3.05) is 26.7 Å². The van der Waals surface area contributed by atoms with Gasteiger partial charge in [-0.25, -0.2) is 4.98 Å². The van der Waals surface area contributed by atoms with Gasteiger partial charge in [0.2, 0.25) is 0 Å². The van der Waals surface area contributed by atoms with Gasteiger partial charge in [-0.05, 0) is 38.0 Å². The summed E-state index contributed by atoms with van der Waals surface area (Å²) in [5.74, 6) is 1.75. The van der Waals surface area contributed by atoms with Gasteiger partial charge in [0.25, 0.3) is 0 Å². The summed E-state index contributed by atoms with van der Waals surface area (Å²) in [7, 11) is 1.69. The highest BCUT2D eigenvalue weighted by molar-refractivity contribution is 7.09. The van der Waals surface area contributed by atoms with Gasteiger partial charge in [0.05, 0.1) is 17.8 Å². The zero-order valence-corrected chi connectivity index (χ0v) is 15.4. The molecule has 0 bridgehead atoms. The Labute approximate surface area is 148 Å². The van der Waals surface area contributed by atoms with Crippen LogP contribution in [0.25, 0.3) is 0 Å². The van der Waals surface area contributed by atoms with Crippen LogP contribution in [0.2, 0.25) is 0 Å². The quantitative estimate of drug-likeness (QED) is 0.570. The Morgan fingerprint density at radius 2 is 2.17 bits per heavy atom. The first-order valence-electron chi connectivity index (χ1n) is 8.27. The normalized spacial score (nSPS) is 11.4. The van der Waals surface area contributed by atoms with Gasteiger partial charge in [0, 0.05) is 31.4 Å². The van der Waals surface area contributed by atoms with Gasteiger partial charge in [-0.15, -0.1) is 11.3 Å². The lowest BCUT2D eigenvalue weighted by Gasteiger charge is -2.11. The van der Waals surface area contributed by atoms with Crippen LogP contribution in [0, 0.1) is 6.92 Å². The average molecular weight is 347 g/mol. The number of methoxy groups -OCH3 is 1. The van der Waals surface area contributed by atoms with Crippen LogP contribution in [0.15, 0.2) is 34.6 Å². The number of nitrogens with one attached hydrogen (secondary N) is 2. The molecule has 2 rings (SSSR count). The second kappa shape index (κ2) is 9.93. The number of thiazole rings is 1. The van der Waals surface area contributed by atoms with Gasteiger partial charge in [0.1, 0.15) is 5.75 Å². The minimum absolute atomic E-state index is 0.734. The van der Waals surface area contributed by atoms with E-state index >= 15 is 0 Å². The van der Waals surface area contributed by atoms with Gasteiger partial charge in [0.15, 0.2) is 5.96 Å². The molecule has 0 spiro atoms. The minimum Gasteiger partial charge on any atom is -0.497 e. The maximum absolute atomic E-state index is 5.26. The van der Waals surface area contributed by atoms with E-state index in [-0.39, 0.29) is 0 Å². The van der Waals surface area contributed by atoms with E-state index in [1.165, 1.54) is 5.56 Å². The molecule has 0 unspecified atom stereocenters. The molecule has 0 saturated heterocycles. The third-order valence-corrected chi connectivity index (χ3v) is 4.31. The Morgan fingerprint density at radius 1 is 1.29 bits per heavy atom. The summed E-state index contributed by atoms with van der Waals surface area (Å²) >= 11 is 1.69. The molecule has 6 heteroatoms. The summed E-state index contributed by atoms with van der Waals surface area (Å²) in [6.45, 7) is 6.51. The van der Waals surface area contributed by atoms with Gasteiger partial charge in [-0.1, -0.05) is 12.1 Å². The largest absolute Gasteiger partial charge is 0.497 e. The molecule has 0 fully saturated rings. The number of benzene rings is 1. The van der Waals surface area contributed by atoms with Gasteiger partial charge < -0.3 is 15.4 Å². The molecule has 1 aromatic heterocycles. The van der Waals surface area contributed by atoms with Gasteiger partial charge >= 0.3 is 0 Å². The number of guanidine groups is 1. The number of aryl methyl sites for hydroxylation is 1. The average Bonchev–Trinajstić information content (AvgIpc) is 3.00. The van der Waals surface area contributed by atoms with Crippen LogP contribution in [-0.4, -0.2) is 37.7 Å². The highest BCUT2D eigenvalue weighted by atomic mass is 32.1. The van der Waals surface area contributed by atoms with Gasteiger partial charge in [-0.3, -0.25) is 4.99 Å². The van der Waals surface area contributed by atoms with Crippen molar-refractivity contribution < 1.29 is 4.74 Å². The number of rotatable bonds is 8. The molecule has 0 aliphatic rings. The predicted molar refractivity (Wildman–Crippen MR) is 101 cm³/mol. The molecule has 24 heavy (non-hydrogen) atoms. The lowest BCUT2D eigenvalue weighted by atomic mass is 10.1. The van der Waals surface area contributed by atoms with E-state index in [1.807, 2.05) is 19.1 Å². The fourth-order valence-electron chi connectivity index (χ4n) is 2.30. The third kappa shape index (κ3) is 6.20. The van der Waals surface area contributed by atoms with Crippen LogP contribution >= 0.6 is 11.3 Å². The van der Waals surface area contributed by atoms with E-state index in [0.717, 1.165) is 54.9 Å². The molecule has 0 radical (unpaired) electrons. The predicted octanol–water partition coefficient (Wildman–Crippen LogP) is 2.80. The lowest BCUT2D eigenvalue weighted by Crippen LogP contribution is -2.38. The summed E-state index contributed by atoms with van der Waals surface area (Å²) in [6, 6.07) is 8.15. The number of aliphatic imine (C=N–C) groups is 1. The van der Waals surface area contributed by atoms with Crippen molar-refractivity contribution in [3.63, 3.8) is 0 Å². The van der Waals surface area contributed by atoms with Gasteiger partial charge in [-0.2, -0.15) is 0 Å². The van der Waals surface area contributed by atoms with E-state index in [0.29, 0.717) is 0 Å². The standard InChI is InChI=1S/C18H26N4OS/c1-4-19-18(21-11-9-16-13-24-14(2)22-16)20-10-8-15-6-5-7-17(12-15)23-3/h5-7,12-13H,4,8-11H2,1-3H3,(H2,19,20,21). The number of aromatic nitrogens is 1. The third-order valence-electron chi connectivity index (χ3n) is 3.49. The van der Waals surface area contributed by atoms with Crippen LogP contribution in [0.1, 0.15) is 23.2 Å². The molecule has 1 aromatic carbocycles. The molecule has 0 amide bonds. The molecule has 0 saturated carbocycles. The summed E-state index contributed by atoms with van der Waals surface area (Å²) < 4.78 is 5.26. The Kier molecular flexibility index (Phi) is 7.55. The first-order valence-corrected chi connectivity index (χ1v) is 9.15. The molecular formula is C18H26N4OS. The Morgan fingerprint density at radius 3 is 2.88 bits per heavy atom. The molecule has 0 atom stereocenters. The fraction of sp³-hybridized carbons (Fsp3) is 0.444. The van der Waals surface area contributed by atoms with Crippen LogP contribution < -0.4 is 15.4 Å². The minimum atomic E-state index is 0.734. The summed E-state index contributed by atoms with van der Waals surface area (Å²) in [6.07, 6.45) is 1.80. The van der Waals surface area contributed by atoms with E-state index in [1.54, 1.807) is 18.4 Å². The fourth-order valence-corrected chi connectivity index (χ4v) is 2.95. The molecule has 0 aliphatic carbocycles. The van der Waals surface area contributed by atoms with Crippen molar-refractivity contribution in [2.45, 2.75) is 26.7 Å². The SMILES string of the molecule is CCNC(=NCCc1csc(C)n1)NCCc1cccc(OC)c1. The second-order valence-corrected chi connectivity index (χ2v) is 6.46. The van der Waals surface area contributed by atoms with Crippen molar-refractivity contribution in [3.05, 3.63) is 45.9 Å². The van der Waals surface area contributed by atoms with Crippen molar-refractivity contribution in [1.29, 1.82) is 0 Å². The zero-order valence-electron chi connectivity index (χ0n) is 14.6. The molecular weight excluding hydrogens is 320 g/mol. The molecule has 5 nitrogen and oxygen atoms in total. The summed E-state index contributed by atoms with van der Waals surface area (Å²) in [4.78, 5) is 9.09. The van der Waals surface area contributed by atoms with Crippen LogP contribution in [0.3, 0.4) is 0 Å². The summed E-state index contributed by atoms with van der Waals surface area (Å²) in [5, 5.41) is 9.87. The topological polar surface area (TPSA) is 58.5 Å². The first kappa shape index (κ1) is 18.3. The van der Waals surface area contributed by atoms with Crippen molar-refractivity contribution in [2.24, 2.45) is 4.99 Å². The Hall–Kier alpha value is -2.08. The maximum atomic E-state index is 5.26. The van der Waals surface area contributed by atoms with Crippen LogP contribution in [0.5, 0.6) is 5.75 Å². The van der Waals surface area contributed by atoms with E-state index in [4.69, 9.17) is 4.74 Å². The highest BCUT2D eigenvalue weighted by Crippen LogP contribution is 2.12. The maximum Gasteiger partial charge on any atom is 0.191 e. The summed E-state index contributed by atoms with van der Waals surface area (Å²) in [5.41, 5.74) is 2.36. The number of ether oxygens (including phenoxy) is 1. The smallest absolute Gasteiger partial charge is 0.191 e. The molecule has 130 valence electrons. The zero-order chi connectivity index (χ0) is 17.2. The first-order chi connectivity index (χ1) is 11.7. The Balaban J connectivity index is 1.80. The van der Waals surface area contributed by atoms with Crippen molar-refractivity contribution in [1.82, 2.24) is 15.6 Å². The van der Waals surface area contributed by atoms with E-state index < -0.39 is 0 Å². The lowest BCUT2D eigenvalue weighted by molar-refractivity contribution is 0.414.